The van der Waals surface area contributed by atoms with Crippen molar-refractivity contribution in [2.24, 2.45) is 0 Å². The number of thiazole rings is 1. The van der Waals surface area contributed by atoms with Crippen molar-refractivity contribution >= 4 is 17.3 Å². The van der Waals surface area contributed by atoms with E-state index in [4.69, 9.17) is 5.11 Å². The minimum atomic E-state index is -0.348. The second kappa shape index (κ2) is 4.72. The zero-order chi connectivity index (χ0) is 11.5. The molecule has 4 nitrogen and oxygen atoms in total. The van der Waals surface area contributed by atoms with Crippen molar-refractivity contribution in [3.05, 3.63) is 16.1 Å². The molecule has 0 aliphatic heterocycles. The molecule has 0 aliphatic rings. The summed E-state index contributed by atoms with van der Waals surface area (Å²) < 4.78 is 4.55. The molecule has 0 aliphatic carbocycles. The zero-order valence-electron chi connectivity index (χ0n) is 9.11. The summed E-state index contributed by atoms with van der Waals surface area (Å²) in [4.78, 5) is 15.3. The van der Waals surface area contributed by atoms with Crippen molar-refractivity contribution in [2.75, 3.05) is 13.7 Å². The number of aromatic nitrogens is 1. The van der Waals surface area contributed by atoms with Gasteiger partial charge in [-0.1, -0.05) is 13.8 Å². The van der Waals surface area contributed by atoms with E-state index in [1.165, 1.54) is 18.4 Å². The molecule has 0 unspecified atom stereocenters. The predicted molar refractivity (Wildman–Crippen MR) is 57.9 cm³/mol. The van der Waals surface area contributed by atoms with Crippen molar-refractivity contribution in [1.82, 2.24) is 4.98 Å². The molecule has 0 amide bonds. The summed E-state index contributed by atoms with van der Waals surface area (Å²) in [5.74, 6) is -0.298. The number of carbonyl (C=O) groups is 1. The fraction of sp³-hybridized carbons (Fsp3) is 0.600. The van der Waals surface area contributed by atoms with Gasteiger partial charge in [-0.05, 0) is 0 Å². The maximum absolute atomic E-state index is 11.0. The number of rotatable bonds is 4. The van der Waals surface area contributed by atoms with Gasteiger partial charge in [-0.25, -0.2) is 4.98 Å². The minimum absolute atomic E-state index is 0.0399. The quantitative estimate of drug-likeness (QED) is 0.786. The molecule has 1 aromatic heterocycles. The van der Waals surface area contributed by atoms with E-state index in [2.05, 4.69) is 9.72 Å². The van der Waals surface area contributed by atoms with Gasteiger partial charge in [-0.2, -0.15) is 0 Å². The molecule has 0 spiro atoms. The molecule has 1 N–H and O–H groups in total. The van der Waals surface area contributed by atoms with Crippen LogP contribution in [0.15, 0.2) is 5.38 Å². The fourth-order valence-electron chi connectivity index (χ4n) is 0.987. The van der Waals surface area contributed by atoms with Crippen LogP contribution in [0.25, 0.3) is 0 Å². The van der Waals surface area contributed by atoms with Crippen LogP contribution in [0.2, 0.25) is 0 Å². The van der Waals surface area contributed by atoms with Crippen LogP contribution in [0.4, 0.5) is 0 Å². The zero-order valence-corrected chi connectivity index (χ0v) is 9.93. The first-order valence-electron chi connectivity index (χ1n) is 4.62. The van der Waals surface area contributed by atoms with Crippen LogP contribution in [0, 0.1) is 0 Å². The SMILES string of the molecule is COC(=O)Cc1csc(C(C)(C)CO)n1. The second-order valence-electron chi connectivity index (χ2n) is 3.94. The largest absolute Gasteiger partial charge is 0.469 e. The Morgan fingerprint density at radius 3 is 2.87 bits per heavy atom. The highest BCUT2D eigenvalue weighted by Gasteiger charge is 2.23. The Bertz CT molecular complexity index is 346. The molecule has 1 rings (SSSR count). The van der Waals surface area contributed by atoms with Crippen LogP contribution in [-0.2, 0) is 21.4 Å². The summed E-state index contributed by atoms with van der Waals surface area (Å²) >= 11 is 1.45. The van der Waals surface area contributed by atoms with Crippen LogP contribution in [0.1, 0.15) is 24.5 Å². The lowest BCUT2D eigenvalue weighted by Gasteiger charge is -2.17. The summed E-state index contributed by atoms with van der Waals surface area (Å²) in [7, 11) is 1.35. The molecule has 1 aromatic rings. The average Bonchev–Trinajstić information content (AvgIpc) is 2.66. The van der Waals surface area contributed by atoms with E-state index in [0.29, 0.717) is 5.69 Å². The lowest BCUT2D eigenvalue weighted by Crippen LogP contribution is -2.21. The van der Waals surface area contributed by atoms with E-state index < -0.39 is 0 Å². The first-order chi connectivity index (χ1) is 6.99. The number of hydrogen-bond donors (Lipinski definition) is 1. The predicted octanol–water partition coefficient (Wildman–Crippen LogP) is 1.13. The third-order valence-corrected chi connectivity index (χ3v) is 3.34. The standard InChI is InChI=1S/C10H15NO3S/c1-10(2,6-12)9-11-7(5-15-9)4-8(13)14-3/h5,12H,4,6H2,1-3H3. The second-order valence-corrected chi connectivity index (χ2v) is 4.80. The number of carbonyl (C=O) groups excluding carboxylic acids is 1. The smallest absolute Gasteiger partial charge is 0.311 e. The summed E-state index contributed by atoms with van der Waals surface area (Å²) in [6, 6.07) is 0. The molecule has 0 fully saturated rings. The number of nitrogens with zero attached hydrogens (tertiary/aromatic N) is 1. The van der Waals surface area contributed by atoms with Gasteiger partial charge in [0.15, 0.2) is 0 Å². The van der Waals surface area contributed by atoms with Gasteiger partial charge in [0.05, 0.1) is 25.8 Å². The van der Waals surface area contributed by atoms with Crippen molar-refractivity contribution in [1.29, 1.82) is 0 Å². The number of methoxy groups -OCH3 is 1. The van der Waals surface area contributed by atoms with Crippen molar-refractivity contribution in [3.8, 4) is 0 Å². The Hall–Kier alpha value is -0.940. The average molecular weight is 229 g/mol. The molecule has 0 bridgehead atoms. The summed E-state index contributed by atoms with van der Waals surface area (Å²) in [5.41, 5.74) is 0.349. The van der Waals surface area contributed by atoms with Gasteiger partial charge < -0.3 is 9.84 Å². The molecule has 84 valence electrons. The third-order valence-electron chi connectivity index (χ3n) is 2.08. The number of aliphatic hydroxyl groups is 1. The van der Waals surface area contributed by atoms with Crippen molar-refractivity contribution in [2.45, 2.75) is 25.7 Å². The number of aliphatic hydroxyl groups excluding tert-OH is 1. The molecule has 0 saturated heterocycles. The number of ether oxygens (including phenoxy) is 1. The highest BCUT2D eigenvalue weighted by molar-refractivity contribution is 7.09. The highest BCUT2D eigenvalue weighted by atomic mass is 32.1. The van der Waals surface area contributed by atoms with E-state index in [-0.39, 0.29) is 24.4 Å². The Kier molecular flexibility index (Phi) is 3.82. The van der Waals surface area contributed by atoms with Crippen LogP contribution >= 0.6 is 11.3 Å². The van der Waals surface area contributed by atoms with Gasteiger partial charge in [0.1, 0.15) is 5.01 Å². The first-order valence-corrected chi connectivity index (χ1v) is 5.50. The summed E-state index contributed by atoms with van der Waals surface area (Å²) in [5, 5.41) is 11.8. The third kappa shape index (κ3) is 3.00. The Balaban J connectivity index is 2.76. The molecule has 5 heteroatoms. The van der Waals surface area contributed by atoms with Crippen molar-refractivity contribution < 1.29 is 14.6 Å². The van der Waals surface area contributed by atoms with E-state index >= 15 is 0 Å². The molecule has 15 heavy (non-hydrogen) atoms. The normalized spacial score (nSPS) is 11.5. The summed E-state index contributed by atoms with van der Waals surface area (Å²) in [6.45, 7) is 3.86. The Labute approximate surface area is 92.9 Å². The molecule has 0 atom stereocenters. The van der Waals surface area contributed by atoms with Gasteiger partial charge in [0, 0.05) is 10.8 Å². The van der Waals surface area contributed by atoms with Gasteiger partial charge in [0.2, 0.25) is 0 Å². The van der Waals surface area contributed by atoms with Crippen LogP contribution in [0.3, 0.4) is 0 Å². The molecule has 0 radical (unpaired) electrons. The Morgan fingerprint density at radius 1 is 1.67 bits per heavy atom. The monoisotopic (exact) mass is 229 g/mol. The molecule has 0 aromatic carbocycles. The van der Waals surface area contributed by atoms with E-state index in [1.807, 2.05) is 19.2 Å². The maximum Gasteiger partial charge on any atom is 0.311 e. The Morgan fingerprint density at radius 2 is 2.33 bits per heavy atom. The summed E-state index contributed by atoms with van der Waals surface area (Å²) in [6.07, 6.45) is 0.189. The fourth-order valence-corrected chi connectivity index (χ4v) is 1.92. The van der Waals surface area contributed by atoms with Crippen LogP contribution in [0.5, 0.6) is 0 Å². The molecular formula is C10H15NO3S. The molecular weight excluding hydrogens is 214 g/mol. The maximum atomic E-state index is 11.0. The highest BCUT2D eigenvalue weighted by Crippen LogP contribution is 2.25. The lowest BCUT2D eigenvalue weighted by atomic mass is 9.96. The van der Waals surface area contributed by atoms with E-state index in [9.17, 15) is 4.79 Å². The number of hydrogen-bond acceptors (Lipinski definition) is 5. The van der Waals surface area contributed by atoms with Crippen molar-refractivity contribution in [3.63, 3.8) is 0 Å². The van der Waals surface area contributed by atoms with E-state index in [0.717, 1.165) is 5.01 Å². The lowest BCUT2D eigenvalue weighted by molar-refractivity contribution is -0.139. The molecule has 1 heterocycles. The van der Waals surface area contributed by atoms with Gasteiger partial charge >= 0.3 is 5.97 Å². The van der Waals surface area contributed by atoms with Gasteiger partial charge in [-0.3, -0.25) is 4.79 Å². The van der Waals surface area contributed by atoms with E-state index in [1.54, 1.807) is 0 Å². The first kappa shape index (κ1) is 12.1. The van der Waals surface area contributed by atoms with Gasteiger partial charge in [0.25, 0.3) is 0 Å². The topological polar surface area (TPSA) is 59.4 Å². The van der Waals surface area contributed by atoms with Crippen LogP contribution < -0.4 is 0 Å². The number of esters is 1. The molecule has 0 saturated carbocycles. The van der Waals surface area contributed by atoms with Crippen LogP contribution in [-0.4, -0.2) is 29.8 Å². The minimum Gasteiger partial charge on any atom is -0.469 e. The van der Waals surface area contributed by atoms with Gasteiger partial charge in [-0.15, -0.1) is 11.3 Å².